The number of hydrogen-bond acceptors (Lipinski definition) is 1. The first-order valence-electron chi connectivity index (χ1n) is 11.2. The van der Waals surface area contributed by atoms with E-state index in [9.17, 15) is 61.5 Å². The fourth-order valence-corrected chi connectivity index (χ4v) is 4.67. The van der Waals surface area contributed by atoms with Crippen molar-refractivity contribution in [1.29, 1.82) is 0 Å². The molecule has 1 fully saturated rings. The number of halogens is 18. The van der Waals surface area contributed by atoms with Crippen LogP contribution in [0.2, 0.25) is 0 Å². The Hall–Kier alpha value is -1.30. The smallest absolute Gasteiger partial charge is 0.375 e. The Labute approximate surface area is 215 Å². The van der Waals surface area contributed by atoms with Crippen LogP contribution in [0.4, 0.5) is 79.0 Å². The minimum atomic E-state index is -7.32. The van der Waals surface area contributed by atoms with Crippen LogP contribution in [0.3, 0.4) is 0 Å². The summed E-state index contributed by atoms with van der Waals surface area (Å²) in [4.78, 5) is 0. The van der Waals surface area contributed by atoms with E-state index in [1.165, 1.54) is 0 Å². The maximum absolute atomic E-state index is 15.7. The first kappa shape index (κ1) is 36.7. The van der Waals surface area contributed by atoms with E-state index >= 15 is 17.6 Å². The highest BCUT2D eigenvalue weighted by Gasteiger charge is 2.93. The lowest BCUT2D eigenvalue weighted by molar-refractivity contribution is -0.456. The van der Waals surface area contributed by atoms with E-state index in [1.807, 2.05) is 0 Å². The molecule has 0 N–H and O–H groups in total. The second-order valence-electron chi connectivity index (χ2n) is 10.6. The van der Waals surface area contributed by atoms with Gasteiger partial charge in [0.05, 0.1) is 5.60 Å². The Morgan fingerprint density at radius 2 is 0.800 bits per heavy atom. The van der Waals surface area contributed by atoms with Crippen LogP contribution >= 0.6 is 0 Å². The number of hydrogen-bond donors (Lipinski definition) is 0. The molecule has 1 saturated heterocycles. The molecule has 19 heteroatoms. The van der Waals surface area contributed by atoms with Gasteiger partial charge in [-0.1, -0.05) is 13.8 Å². The van der Waals surface area contributed by atoms with Crippen LogP contribution in [0.5, 0.6) is 0 Å². The molecular formula is C21H24F18O. The van der Waals surface area contributed by atoms with Crippen molar-refractivity contribution in [3.63, 3.8) is 0 Å². The third-order valence-electron chi connectivity index (χ3n) is 7.74. The van der Waals surface area contributed by atoms with Gasteiger partial charge >= 0.3 is 47.9 Å². The van der Waals surface area contributed by atoms with E-state index < -0.39 is 103 Å². The first-order valence-corrected chi connectivity index (χ1v) is 11.2. The molecule has 0 radical (unpaired) electrons. The predicted molar refractivity (Wildman–Crippen MR) is 101 cm³/mol. The number of ether oxygens (including phenoxy) is 1. The molecule has 0 aromatic carbocycles. The van der Waals surface area contributed by atoms with Gasteiger partial charge in [0, 0.05) is 37.7 Å². The van der Waals surface area contributed by atoms with Gasteiger partial charge in [-0.2, -0.15) is 79.0 Å². The van der Waals surface area contributed by atoms with Crippen LogP contribution in [0.15, 0.2) is 0 Å². The average molecular weight is 634 g/mol. The van der Waals surface area contributed by atoms with E-state index in [2.05, 4.69) is 0 Å². The average Bonchev–Trinajstić information content (AvgIpc) is 2.71. The lowest BCUT2D eigenvalue weighted by atomic mass is 9.48. The molecule has 1 aliphatic rings. The molecule has 0 aromatic heterocycles. The van der Waals surface area contributed by atoms with Crippen LogP contribution in [-0.2, 0) is 4.74 Å². The number of rotatable bonds is 10. The Balaban J connectivity index is 4.07. The van der Waals surface area contributed by atoms with Gasteiger partial charge in [0.2, 0.25) is 0 Å². The summed E-state index contributed by atoms with van der Waals surface area (Å²) in [5.74, 6) is -42.2. The molecule has 0 spiro atoms. The molecule has 0 saturated carbocycles. The summed E-state index contributed by atoms with van der Waals surface area (Å²) in [6, 6.07) is 0. The van der Waals surface area contributed by atoms with E-state index in [-0.39, 0.29) is 13.8 Å². The van der Waals surface area contributed by atoms with E-state index in [0.29, 0.717) is 13.8 Å². The first-order chi connectivity index (χ1) is 17.1. The summed E-state index contributed by atoms with van der Waals surface area (Å²) >= 11 is 0. The predicted octanol–water partition coefficient (Wildman–Crippen LogP) is 9.69. The van der Waals surface area contributed by atoms with Crippen molar-refractivity contribution in [2.24, 2.45) is 10.8 Å². The van der Waals surface area contributed by atoms with Crippen LogP contribution in [0.25, 0.3) is 0 Å². The molecule has 1 nitrogen and oxygen atoms in total. The maximum atomic E-state index is 15.7. The summed E-state index contributed by atoms with van der Waals surface area (Å²) in [5, 5.41) is 0. The van der Waals surface area contributed by atoms with Crippen molar-refractivity contribution in [3.8, 4) is 0 Å². The molecular weight excluding hydrogens is 610 g/mol. The molecule has 0 aliphatic carbocycles. The van der Waals surface area contributed by atoms with Gasteiger partial charge in [0.1, 0.15) is 5.41 Å². The molecule has 40 heavy (non-hydrogen) atoms. The van der Waals surface area contributed by atoms with Crippen molar-refractivity contribution >= 4 is 0 Å². The molecule has 1 rings (SSSR count). The third-order valence-corrected chi connectivity index (χ3v) is 7.74. The minimum Gasteiger partial charge on any atom is -0.375 e. The third kappa shape index (κ3) is 5.44. The topological polar surface area (TPSA) is 9.23 Å². The maximum Gasteiger partial charge on any atom is 0.389 e. The quantitative estimate of drug-likeness (QED) is 0.218. The highest BCUT2D eigenvalue weighted by molar-refractivity contribution is 5.24. The summed E-state index contributed by atoms with van der Waals surface area (Å²) in [6.07, 6.45) is -25.9. The number of alkyl halides is 18. The van der Waals surface area contributed by atoms with Crippen LogP contribution in [-0.4, -0.2) is 60.1 Å². The summed E-state index contributed by atoms with van der Waals surface area (Å²) in [7, 11) is 0. The normalized spacial score (nSPS) is 21.4. The van der Waals surface area contributed by atoms with Crippen LogP contribution in [0, 0.1) is 10.8 Å². The minimum absolute atomic E-state index is 0.0852. The summed E-state index contributed by atoms with van der Waals surface area (Å²) < 4.78 is 259. The van der Waals surface area contributed by atoms with Gasteiger partial charge in [-0.3, -0.25) is 0 Å². The Kier molecular flexibility index (Phi) is 9.07. The van der Waals surface area contributed by atoms with E-state index in [0.717, 1.165) is 0 Å². The van der Waals surface area contributed by atoms with Crippen molar-refractivity contribution < 1.29 is 83.8 Å². The molecule has 0 unspecified atom stereocenters. The van der Waals surface area contributed by atoms with Crippen molar-refractivity contribution in [3.05, 3.63) is 0 Å². The van der Waals surface area contributed by atoms with E-state index in [4.69, 9.17) is 4.74 Å². The van der Waals surface area contributed by atoms with Gasteiger partial charge in [-0.05, 0) is 20.3 Å². The van der Waals surface area contributed by atoms with Gasteiger partial charge in [-0.15, -0.1) is 0 Å². The van der Waals surface area contributed by atoms with Crippen LogP contribution in [0.1, 0.15) is 59.8 Å². The lowest BCUT2D eigenvalue weighted by Crippen LogP contribution is -2.80. The summed E-state index contributed by atoms with van der Waals surface area (Å²) in [5.41, 5.74) is -12.0. The second-order valence-corrected chi connectivity index (χ2v) is 10.6. The van der Waals surface area contributed by atoms with Gasteiger partial charge in [-0.25, -0.2) is 0 Å². The van der Waals surface area contributed by atoms with Crippen molar-refractivity contribution in [1.82, 2.24) is 0 Å². The molecule has 1 heterocycles. The zero-order valence-electron chi connectivity index (χ0n) is 21.0. The lowest BCUT2D eigenvalue weighted by Gasteiger charge is -2.64. The molecule has 0 amide bonds. The SMILES string of the molecule is CC1(C)OCCC(C(F)(F)C(F)(F)C(F)(F)CCC(F)(F)F)(C(F)(F)C(F)(F)C(F)(F)CCC(F)(F)F)C1(C)C. The zero-order valence-corrected chi connectivity index (χ0v) is 21.0. The summed E-state index contributed by atoms with van der Waals surface area (Å²) in [6.45, 7) is -0.375. The molecule has 240 valence electrons. The van der Waals surface area contributed by atoms with Crippen LogP contribution < -0.4 is 0 Å². The highest BCUT2D eigenvalue weighted by Crippen LogP contribution is 2.74. The Morgan fingerprint density at radius 1 is 0.500 bits per heavy atom. The monoisotopic (exact) mass is 634 g/mol. The Bertz CT molecular complexity index is 842. The molecule has 0 aromatic rings. The van der Waals surface area contributed by atoms with Crippen molar-refractivity contribution in [2.75, 3.05) is 6.61 Å². The van der Waals surface area contributed by atoms with Gasteiger partial charge in [0.25, 0.3) is 0 Å². The zero-order chi connectivity index (χ0) is 32.4. The highest BCUT2D eigenvalue weighted by atomic mass is 19.4. The Morgan fingerprint density at radius 3 is 1.07 bits per heavy atom. The molecule has 0 bridgehead atoms. The van der Waals surface area contributed by atoms with Gasteiger partial charge in [0.15, 0.2) is 0 Å². The van der Waals surface area contributed by atoms with E-state index in [1.54, 1.807) is 0 Å². The fourth-order valence-electron chi connectivity index (χ4n) is 4.67. The molecule has 0 atom stereocenters. The standard InChI is InChI=1S/C21H24F18O/c1-11(2)12(3,4)40-10-9-13(11,18(32,33)20(36,37)14(22,23)5-7-16(26,27)28)19(34,35)21(38,39)15(24,25)6-8-17(29,30)31/h5-10H2,1-4H3. The largest absolute Gasteiger partial charge is 0.389 e. The molecule has 1 aliphatic heterocycles. The van der Waals surface area contributed by atoms with Crippen molar-refractivity contribution in [2.45, 2.75) is 113 Å². The second kappa shape index (κ2) is 9.88. The fraction of sp³-hybridized carbons (Fsp3) is 1.00. The van der Waals surface area contributed by atoms with Gasteiger partial charge < -0.3 is 4.74 Å².